The van der Waals surface area contributed by atoms with E-state index in [0.29, 0.717) is 6.42 Å². The Morgan fingerprint density at radius 1 is 0.962 bits per heavy atom. The second-order valence-electron chi connectivity index (χ2n) is 5.45. The number of nitrogens with zero attached hydrogens (tertiary/aromatic N) is 1. The Balaban J connectivity index is 1.67. The Morgan fingerprint density at radius 2 is 1.62 bits per heavy atom. The Hall–Kier alpha value is -3.42. The van der Waals surface area contributed by atoms with Gasteiger partial charge in [-0.2, -0.15) is 0 Å². The smallest absolute Gasteiger partial charge is 0.310 e. The molecule has 2 aromatic rings. The lowest BCUT2D eigenvalue weighted by molar-refractivity contribution is -0.385. The lowest BCUT2D eigenvalue weighted by Gasteiger charge is -2.09. The first-order valence-corrected chi connectivity index (χ1v) is 8.04. The Kier molecular flexibility index (Phi) is 7.11. The van der Waals surface area contributed by atoms with E-state index < -0.39 is 17.4 Å². The Labute approximate surface area is 150 Å². The van der Waals surface area contributed by atoms with Crippen molar-refractivity contribution >= 4 is 17.5 Å². The zero-order valence-corrected chi connectivity index (χ0v) is 14.0. The highest BCUT2D eigenvalue weighted by Crippen LogP contribution is 2.25. The fourth-order valence-corrected chi connectivity index (χ4v) is 2.21. The van der Waals surface area contributed by atoms with Crippen LogP contribution >= 0.6 is 0 Å². The first-order chi connectivity index (χ1) is 12.6. The van der Waals surface area contributed by atoms with Crippen LogP contribution in [0.1, 0.15) is 18.4 Å². The van der Waals surface area contributed by atoms with Crippen LogP contribution in [0.4, 0.5) is 5.69 Å². The molecule has 2 N–H and O–H groups in total. The molecule has 0 unspecified atom stereocenters. The van der Waals surface area contributed by atoms with E-state index in [0.717, 1.165) is 12.0 Å². The van der Waals surface area contributed by atoms with Crippen molar-refractivity contribution in [3.8, 4) is 5.75 Å². The lowest BCUT2D eigenvalue weighted by Crippen LogP contribution is -2.43. The molecule has 0 spiro atoms. The molecule has 0 heterocycles. The average molecular weight is 357 g/mol. The van der Waals surface area contributed by atoms with Gasteiger partial charge in [-0.05, 0) is 24.5 Å². The molecule has 26 heavy (non-hydrogen) atoms. The minimum atomic E-state index is -0.612. The van der Waals surface area contributed by atoms with Crippen molar-refractivity contribution in [2.45, 2.75) is 19.3 Å². The largest absolute Gasteiger partial charge is 0.477 e. The molecule has 0 aromatic heterocycles. The second kappa shape index (κ2) is 9.77. The maximum atomic E-state index is 11.7. The highest BCUT2D eigenvalue weighted by Gasteiger charge is 2.15. The maximum absolute atomic E-state index is 11.7. The molecule has 8 nitrogen and oxygen atoms in total. The number of para-hydroxylation sites is 2. The molecule has 2 amide bonds. The number of hydrogen-bond donors (Lipinski definition) is 2. The van der Waals surface area contributed by atoms with Crippen molar-refractivity contribution < 1.29 is 19.2 Å². The molecule has 0 bridgehead atoms. The van der Waals surface area contributed by atoms with Crippen LogP contribution < -0.4 is 15.6 Å². The summed E-state index contributed by atoms with van der Waals surface area (Å²) in [6, 6.07) is 15.5. The number of amides is 2. The van der Waals surface area contributed by atoms with E-state index in [9.17, 15) is 19.7 Å². The number of carbonyl (C=O) groups is 2. The normalized spacial score (nSPS) is 10.0. The third-order valence-electron chi connectivity index (χ3n) is 3.47. The summed E-state index contributed by atoms with van der Waals surface area (Å²) in [7, 11) is 0. The minimum absolute atomic E-state index is 0.0122. The van der Waals surface area contributed by atoms with Gasteiger partial charge in [0.05, 0.1) is 4.92 Å². The van der Waals surface area contributed by atoms with Crippen molar-refractivity contribution in [2.75, 3.05) is 6.61 Å². The van der Waals surface area contributed by atoms with Gasteiger partial charge in [-0.1, -0.05) is 42.5 Å². The molecule has 0 fully saturated rings. The molecule has 0 atom stereocenters. The summed E-state index contributed by atoms with van der Waals surface area (Å²) in [6.07, 6.45) is 1.68. The molecule has 0 radical (unpaired) electrons. The van der Waals surface area contributed by atoms with E-state index >= 15 is 0 Å². The van der Waals surface area contributed by atoms with Crippen LogP contribution in [0.2, 0.25) is 0 Å². The molecule has 0 saturated carbocycles. The van der Waals surface area contributed by atoms with Crippen LogP contribution in [0.3, 0.4) is 0 Å². The van der Waals surface area contributed by atoms with Gasteiger partial charge >= 0.3 is 5.69 Å². The van der Waals surface area contributed by atoms with E-state index in [1.54, 1.807) is 6.07 Å². The van der Waals surface area contributed by atoms with Gasteiger partial charge in [0.25, 0.3) is 5.91 Å². The van der Waals surface area contributed by atoms with Crippen molar-refractivity contribution in [1.29, 1.82) is 0 Å². The summed E-state index contributed by atoms with van der Waals surface area (Å²) in [6.45, 7) is -0.449. The molecule has 0 saturated heterocycles. The number of benzene rings is 2. The molecule has 0 aliphatic heterocycles. The number of rotatable bonds is 8. The van der Waals surface area contributed by atoms with E-state index in [-0.39, 0.29) is 23.8 Å². The van der Waals surface area contributed by atoms with Gasteiger partial charge in [0.15, 0.2) is 12.4 Å². The molecule has 8 heteroatoms. The predicted octanol–water partition coefficient (Wildman–Crippen LogP) is 2.14. The maximum Gasteiger partial charge on any atom is 0.310 e. The first-order valence-electron chi connectivity index (χ1n) is 8.04. The van der Waals surface area contributed by atoms with Crippen LogP contribution in [0, 0.1) is 10.1 Å². The number of nitro groups is 1. The van der Waals surface area contributed by atoms with Gasteiger partial charge in [-0.15, -0.1) is 0 Å². The molecule has 0 aliphatic carbocycles. The quantitative estimate of drug-likeness (QED) is 0.555. The Bertz CT molecular complexity index is 764. The van der Waals surface area contributed by atoms with Gasteiger partial charge < -0.3 is 4.74 Å². The SMILES string of the molecule is O=C(CCCc1ccccc1)NNC(=O)COc1ccccc1[N+](=O)[O-]. The number of hydrazine groups is 1. The molecule has 0 aliphatic rings. The summed E-state index contributed by atoms with van der Waals surface area (Å²) in [5.74, 6) is -0.943. The van der Waals surface area contributed by atoms with E-state index in [2.05, 4.69) is 10.9 Å². The zero-order valence-electron chi connectivity index (χ0n) is 14.0. The monoisotopic (exact) mass is 357 g/mol. The fraction of sp³-hybridized carbons (Fsp3) is 0.222. The highest BCUT2D eigenvalue weighted by molar-refractivity contribution is 5.82. The third kappa shape index (κ3) is 6.23. The van der Waals surface area contributed by atoms with Crippen LogP contribution in [0.15, 0.2) is 54.6 Å². The second-order valence-corrected chi connectivity index (χ2v) is 5.45. The van der Waals surface area contributed by atoms with Crippen LogP contribution in [-0.4, -0.2) is 23.3 Å². The van der Waals surface area contributed by atoms with Crippen LogP contribution in [-0.2, 0) is 16.0 Å². The number of aryl methyl sites for hydroxylation is 1. The van der Waals surface area contributed by atoms with Crippen molar-refractivity contribution in [1.82, 2.24) is 10.9 Å². The zero-order chi connectivity index (χ0) is 18.8. The van der Waals surface area contributed by atoms with Crippen molar-refractivity contribution in [2.24, 2.45) is 0 Å². The number of nitro benzene ring substituents is 1. The van der Waals surface area contributed by atoms with Gasteiger partial charge in [-0.25, -0.2) is 0 Å². The van der Waals surface area contributed by atoms with E-state index in [4.69, 9.17) is 4.74 Å². The molecular formula is C18H19N3O5. The third-order valence-corrected chi connectivity index (χ3v) is 3.47. The number of hydrogen-bond acceptors (Lipinski definition) is 5. The number of ether oxygens (including phenoxy) is 1. The fourth-order valence-electron chi connectivity index (χ4n) is 2.21. The number of carbonyl (C=O) groups excluding carboxylic acids is 2. The highest BCUT2D eigenvalue weighted by atomic mass is 16.6. The lowest BCUT2D eigenvalue weighted by atomic mass is 10.1. The van der Waals surface area contributed by atoms with Gasteiger partial charge in [0, 0.05) is 12.5 Å². The molecule has 2 rings (SSSR count). The van der Waals surface area contributed by atoms with Gasteiger partial charge in [-0.3, -0.25) is 30.6 Å². The number of nitrogens with one attached hydrogen (secondary N) is 2. The molecule has 136 valence electrons. The summed E-state index contributed by atoms with van der Waals surface area (Å²) in [4.78, 5) is 33.6. The predicted molar refractivity (Wildman–Crippen MR) is 94.3 cm³/mol. The summed E-state index contributed by atoms with van der Waals surface area (Å²) in [5, 5.41) is 10.9. The summed E-state index contributed by atoms with van der Waals surface area (Å²) in [5.41, 5.74) is 5.42. The molecule has 2 aromatic carbocycles. The topological polar surface area (TPSA) is 111 Å². The van der Waals surface area contributed by atoms with E-state index in [1.807, 2.05) is 30.3 Å². The van der Waals surface area contributed by atoms with Crippen LogP contribution in [0.5, 0.6) is 5.75 Å². The average Bonchev–Trinajstić information content (AvgIpc) is 2.65. The Morgan fingerprint density at radius 3 is 2.35 bits per heavy atom. The van der Waals surface area contributed by atoms with Crippen molar-refractivity contribution in [3.63, 3.8) is 0 Å². The van der Waals surface area contributed by atoms with Crippen molar-refractivity contribution in [3.05, 3.63) is 70.3 Å². The van der Waals surface area contributed by atoms with Crippen LogP contribution in [0.25, 0.3) is 0 Å². The summed E-state index contributed by atoms with van der Waals surface area (Å²) >= 11 is 0. The minimum Gasteiger partial charge on any atom is -0.477 e. The summed E-state index contributed by atoms with van der Waals surface area (Å²) < 4.78 is 5.13. The van der Waals surface area contributed by atoms with Gasteiger partial charge in [0.1, 0.15) is 0 Å². The van der Waals surface area contributed by atoms with E-state index in [1.165, 1.54) is 18.2 Å². The molecular weight excluding hydrogens is 338 g/mol. The van der Waals surface area contributed by atoms with Gasteiger partial charge in [0.2, 0.25) is 5.91 Å². The standard InChI is InChI=1S/C18H19N3O5/c22-17(12-6-9-14-7-2-1-3-8-14)19-20-18(23)13-26-16-11-5-4-10-15(16)21(24)25/h1-5,7-8,10-11H,6,9,12-13H2,(H,19,22)(H,20,23). The first kappa shape index (κ1) is 18.9.